The van der Waals surface area contributed by atoms with E-state index in [4.69, 9.17) is 14.6 Å². The minimum absolute atomic E-state index is 0.216. The fourth-order valence-electron chi connectivity index (χ4n) is 4.51. The lowest BCUT2D eigenvalue weighted by atomic mass is 9.79. The molecule has 36 heavy (non-hydrogen) atoms. The topological polar surface area (TPSA) is 82.5 Å². The maximum atomic E-state index is 13.3. The summed E-state index contributed by atoms with van der Waals surface area (Å²) in [5, 5.41) is 8.13. The van der Waals surface area contributed by atoms with E-state index in [-0.39, 0.29) is 13.2 Å². The normalized spacial score (nSPS) is 14.0. The molecular weight excluding hydrogens is 454 g/mol. The van der Waals surface area contributed by atoms with Crippen molar-refractivity contribution in [2.24, 2.45) is 0 Å². The number of para-hydroxylation sites is 1. The van der Waals surface area contributed by atoms with Crippen molar-refractivity contribution in [3.8, 4) is 16.9 Å². The predicted octanol–water partition coefficient (Wildman–Crippen LogP) is 5.21. The number of nitrogens with zero attached hydrogens (tertiary/aromatic N) is 2. The molecule has 1 aliphatic rings. The standard InChI is InChI=1S/C29H31N3O4/c1-6-35-28(33)24-19(4)30-20(5)25(29(34)36-7-2)26(24)23-17-32(22-11-9-8-10-12-22)31-27(23)21-15-13-18(3)14-16-21/h8-17,26,30H,6-7H2,1-5H3. The van der Waals surface area contributed by atoms with Crippen LogP contribution < -0.4 is 5.32 Å². The third kappa shape index (κ3) is 4.82. The Kier molecular flexibility index (Phi) is 7.38. The number of carbonyl (C=O) groups excluding carboxylic acids is 2. The molecule has 0 amide bonds. The molecule has 0 radical (unpaired) electrons. The van der Waals surface area contributed by atoms with Crippen LogP contribution in [0.25, 0.3) is 16.9 Å². The summed E-state index contributed by atoms with van der Waals surface area (Å²) >= 11 is 0. The smallest absolute Gasteiger partial charge is 0.336 e. The predicted molar refractivity (Wildman–Crippen MR) is 138 cm³/mol. The highest BCUT2D eigenvalue weighted by Gasteiger charge is 2.40. The first-order valence-electron chi connectivity index (χ1n) is 12.1. The van der Waals surface area contributed by atoms with E-state index in [1.165, 1.54) is 0 Å². The zero-order chi connectivity index (χ0) is 25.8. The van der Waals surface area contributed by atoms with Crippen molar-refractivity contribution < 1.29 is 19.1 Å². The van der Waals surface area contributed by atoms with Crippen molar-refractivity contribution in [3.63, 3.8) is 0 Å². The van der Waals surface area contributed by atoms with E-state index in [1.54, 1.807) is 18.5 Å². The summed E-state index contributed by atoms with van der Waals surface area (Å²) in [6, 6.07) is 17.8. The quantitative estimate of drug-likeness (QED) is 0.463. The lowest BCUT2D eigenvalue weighted by molar-refractivity contribution is -0.139. The highest BCUT2D eigenvalue weighted by Crippen LogP contribution is 2.43. The molecule has 0 fully saturated rings. The van der Waals surface area contributed by atoms with E-state index in [1.807, 2.05) is 81.6 Å². The molecule has 0 unspecified atom stereocenters. The second kappa shape index (κ2) is 10.6. The van der Waals surface area contributed by atoms with Gasteiger partial charge in [0.05, 0.1) is 41.7 Å². The summed E-state index contributed by atoms with van der Waals surface area (Å²) in [4.78, 5) is 26.5. The van der Waals surface area contributed by atoms with Gasteiger partial charge < -0.3 is 14.8 Å². The molecule has 0 atom stereocenters. The number of dihydropyridines is 1. The molecule has 3 aromatic rings. The van der Waals surface area contributed by atoms with Crippen LogP contribution in [-0.4, -0.2) is 34.9 Å². The third-order valence-electron chi connectivity index (χ3n) is 6.15. The molecule has 0 saturated carbocycles. The number of hydrogen-bond acceptors (Lipinski definition) is 6. The molecule has 2 heterocycles. The minimum Gasteiger partial charge on any atom is -0.463 e. The van der Waals surface area contributed by atoms with E-state index in [9.17, 15) is 9.59 Å². The Bertz CT molecular complexity index is 1290. The van der Waals surface area contributed by atoms with Crippen LogP contribution in [0.3, 0.4) is 0 Å². The van der Waals surface area contributed by atoms with Gasteiger partial charge in [0.25, 0.3) is 0 Å². The number of carbonyl (C=O) groups is 2. The first kappa shape index (κ1) is 25.0. The third-order valence-corrected chi connectivity index (χ3v) is 6.15. The summed E-state index contributed by atoms with van der Waals surface area (Å²) in [6.45, 7) is 9.61. The van der Waals surface area contributed by atoms with Crippen LogP contribution in [0.15, 0.2) is 83.3 Å². The highest BCUT2D eigenvalue weighted by molar-refractivity contribution is 6.00. The molecular formula is C29H31N3O4. The Hall–Kier alpha value is -4.13. The molecule has 7 nitrogen and oxygen atoms in total. The molecule has 1 aliphatic heterocycles. The van der Waals surface area contributed by atoms with Crippen LogP contribution in [0.2, 0.25) is 0 Å². The van der Waals surface area contributed by atoms with Gasteiger partial charge in [-0.3, -0.25) is 0 Å². The van der Waals surface area contributed by atoms with E-state index in [2.05, 4.69) is 5.32 Å². The largest absolute Gasteiger partial charge is 0.463 e. The molecule has 2 aromatic carbocycles. The summed E-state index contributed by atoms with van der Waals surface area (Å²) < 4.78 is 12.7. The summed E-state index contributed by atoms with van der Waals surface area (Å²) in [6.07, 6.45) is 1.89. The number of esters is 2. The number of rotatable bonds is 7. The number of nitrogens with one attached hydrogen (secondary N) is 1. The van der Waals surface area contributed by atoms with Crippen molar-refractivity contribution in [2.75, 3.05) is 13.2 Å². The van der Waals surface area contributed by atoms with E-state index >= 15 is 0 Å². The maximum Gasteiger partial charge on any atom is 0.336 e. The molecule has 0 spiro atoms. The number of aryl methyl sites for hydroxylation is 1. The first-order valence-corrected chi connectivity index (χ1v) is 12.1. The van der Waals surface area contributed by atoms with Crippen LogP contribution in [0.4, 0.5) is 0 Å². The van der Waals surface area contributed by atoms with Crippen LogP contribution in [-0.2, 0) is 19.1 Å². The van der Waals surface area contributed by atoms with Gasteiger partial charge in [-0.1, -0.05) is 48.0 Å². The molecule has 4 rings (SSSR count). The van der Waals surface area contributed by atoms with Gasteiger partial charge in [0, 0.05) is 28.7 Å². The Balaban J connectivity index is 2.00. The fourth-order valence-corrected chi connectivity index (χ4v) is 4.51. The highest BCUT2D eigenvalue weighted by atomic mass is 16.5. The SMILES string of the molecule is CCOC(=O)C1=C(C)NC(C)=C(C(=O)OCC)C1c1cn(-c2ccccc2)nc1-c1ccc(C)cc1. The second-order valence-corrected chi connectivity index (χ2v) is 8.66. The Morgan fingerprint density at radius 3 is 1.94 bits per heavy atom. The van der Waals surface area contributed by atoms with Crippen molar-refractivity contribution in [3.05, 3.63) is 94.5 Å². The lowest BCUT2D eigenvalue weighted by Crippen LogP contribution is -2.32. The van der Waals surface area contributed by atoms with Gasteiger partial charge in [-0.25, -0.2) is 14.3 Å². The fraction of sp³-hybridized carbons (Fsp3) is 0.276. The number of allylic oxidation sites excluding steroid dienone is 2. The average Bonchev–Trinajstić information content (AvgIpc) is 3.30. The van der Waals surface area contributed by atoms with Crippen LogP contribution in [0, 0.1) is 6.92 Å². The van der Waals surface area contributed by atoms with E-state index < -0.39 is 17.9 Å². The Labute approximate surface area is 211 Å². The van der Waals surface area contributed by atoms with Crippen molar-refractivity contribution in [1.29, 1.82) is 0 Å². The second-order valence-electron chi connectivity index (χ2n) is 8.66. The zero-order valence-electron chi connectivity index (χ0n) is 21.3. The Morgan fingerprint density at radius 2 is 1.42 bits per heavy atom. The number of benzene rings is 2. The van der Waals surface area contributed by atoms with Gasteiger partial charge in [0.2, 0.25) is 0 Å². The van der Waals surface area contributed by atoms with Gasteiger partial charge in [0.15, 0.2) is 0 Å². The van der Waals surface area contributed by atoms with Crippen LogP contribution in [0.1, 0.15) is 44.7 Å². The molecule has 0 aliphatic carbocycles. The van der Waals surface area contributed by atoms with Gasteiger partial charge >= 0.3 is 11.9 Å². The van der Waals surface area contributed by atoms with Crippen molar-refractivity contribution >= 4 is 11.9 Å². The Morgan fingerprint density at radius 1 is 0.861 bits per heavy atom. The molecule has 7 heteroatoms. The van der Waals surface area contributed by atoms with Crippen LogP contribution in [0.5, 0.6) is 0 Å². The van der Waals surface area contributed by atoms with Crippen molar-refractivity contribution in [1.82, 2.24) is 15.1 Å². The maximum absolute atomic E-state index is 13.3. The summed E-state index contributed by atoms with van der Waals surface area (Å²) in [7, 11) is 0. The van der Waals surface area contributed by atoms with Gasteiger partial charge in [0.1, 0.15) is 0 Å². The zero-order valence-corrected chi connectivity index (χ0v) is 21.3. The van der Waals surface area contributed by atoms with Crippen molar-refractivity contribution in [2.45, 2.75) is 40.5 Å². The van der Waals surface area contributed by atoms with E-state index in [0.717, 1.165) is 16.8 Å². The van der Waals surface area contributed by atoms with Gasteiger partial charge in [-0.05, 0) is 46.8 Å². The minimum atomic E-state index is -0.724. The van der Waals surface area contributed by atoms with Gasteiger partial charge in [-0.15, -0.1) is 0 Å². The molecule has 1 aromatic heterocycles. The summed E-state index contributed by atoms with van der Waals surface area (Å²) in [5.74, 6) is -1.69. The summed E-state index contributed by atoms with van der Waals surface area (Å²) in [5.41, 5.74) is 6.25. The van der Waals surface area contributed by atoms with E-state index in [0.29, 0.717) is 33.8 Å². The van der Waals surface area contributed by atoms with Gasteiger partial charge in [-0.2, -0.15) is 5.10 Å². The molecule has 1 N–H and O–H groups in total. The van der Waals surface area contributed by atoms with Crippen LogP contribution >= 0.6 is 0 Å². The number of hydrogen-bond donors (Lipinski definition) is 1. The monoisotopic (exact) mass is 485 g/mol. The number of ether oxygens (including phenoxy) is 2. The first-order chi connectivity index (χ1) is 17.3. The average molecular weight is 486 g/mol. The molecule has 186 valence electrons. The lowest BCUT2D eigenvalue weighted by Gasteiger charge is -2.30. The number of aromatic nitrogens is 2. The molecule has 0 bridgehead atoms. The molecule has 0 saturated heterocycles.